The van der Waals surface area contributed by atoms with Gasteiger partial charge in [0.05, 0.1) is 47.7 Å². The van der Waals surface area contributed by atoms with Crippen LogP contribution >= 0.6 is 15.9 Å². The molecule has 0 unspecified atom stereocenters. The highest BCUT2D eigenvalue weighted by atomic mass is 79.9. The third kappa shape index (κ3) is 13.9. The lowest BCUT2D eigenvalue weighted by molar-refractivity contribution is -0.138. The fourth-order valence-electron chi connectivity index (χ4n) is 4.37. The van der Waals surface area contributed by atoms with Crippen molar-refractivity contribution in [1.82, 2.24) is 0 Å². The van der Waals surface area contributed by atoms with Crippen LogP contribution in [0.3, 0.4) is 0 Å². The molecule has 0 aliphatic heterocycles. The quantitative estimate of drug-likeness (QED) is 0.0283. The Morgan fingerprint density at radius 2 is 1.06 bits per heavy atom. The van der Waals surface area contributed by atoms with Gasteiger partial charge in [-0.1, -0.05) is 13.2 Å². The Bertz CT molecular complexity index is 1890. The molecule has 0 aliphatic rings. The molecule has 11 nitrogen and oxygen atoms in total. The van der Waals surface area contributed by atoms with Crippen LogP contribution in [-0.4, -0.2) is 56.5 Å². The Labute approximate surface area is 316 Å². The maximum atomic E-state index is 12.7. The van der Waals surface area contributed by atoms with Crippen molar-refractivity contribution in [3.05, 3.63) is 137 Å². The van der Waals surface area contributed by atoms with Gasteiger partial charge in [0.25, 0.3) is 0 Å². The first-order valence-electron chi connectivity index (χ1n) is 16.7. The third-order valence-electron chi connectivity index (χ3n) is 7.19. The van der Waals surface area contributed by atoms with E-state index in [0.717, 1.165) is 17.7 Å². The monoisotopic (exact) mass is 783 g/mol. The van der Waals surface area contributed by atoms with Crippen LogP contribution in [0.15, 0.2) is 126 Å². The molecule has 0 bridgehead atoms. The van der Waals surface area contributed by atoms with Crippen LogP contribution in [0.2, 0.25) is 0 Å². The second-order valence-corrected chi connectivity index (χ2v) is 12.0. The molecule has 0 saturated heterocycles. The maximum Gasteiger partial charge on any atom is 0.343 e. The number of halogens is 1. The van der Waals surface area contributed by atoms with Crippen LogP contribution in [0.25, 0.3) is 0 Å². The Hall–Kier alpha value is -6.01. The zero-order chi connectivity index (χ0) is 37.8. The number of ether oxygens (including phenoxy) is 6. The molecule has 0 N–H and O–H groups in total. The summed E-state index contributed by atoms with van der Waals surface area (Å²) in [4.78, 5) is 52.0. The Morgan fingerprint density at radius 1 is 0.585 bits per heavy atom. The predicted molar refractivity (Wildman–Crippen MR) is 202 cm³/mol. The number of carbonyl (C=O) groups excluding carboxylic acids is 4. The molecule has 0 aliphatic carbocycles. The molecule has 0 atom stereocenters. The average molecular weight is 785 g/mol. The molecule has 274 valence electrons. The van der Waals surface area contributed by atoms with Gasteiger partial charge in [-0.3, -0.25) is 4.99 Å². The zero-order valence-electron chi connectivity index (χ0n) is 28.9. The van der Waals surface area contributed by atoms with E-state index >= 15 is 0 Å². The van der Waals surface area contributed by atoms with Gasteiger partial charge in [0.15, 0.2) is 0 Å². The first-order valence-corrected chi connectivity index (χ1v) is 17.5. The summed E-state index contributed by atoms with van der Waals surface area (Å²) in [6, 6.07) is 25.2. The highest BCUT2D eigenvalue weighted by Gasteiger charge is 2.13. The first-order chi connectivity index (χ1) is 25.7. The van der Waals surface area contributed by atoms with Crippen molar-refractivity contribution in [1.29, 1.82) is 0 Å². The molecule has 4 rings (SSSR count). The maximum absolute atomic E-state index is 12.7. The normalized spacial score (nSPS) is 10.6. The van der Waals surface area contributed by atoms with Crippen LogP contribution in [0.1, 0.15) is 52.0 Å². The summed E-state index contributed by atoms with van der Waals surface area (Å²) in [5, 5.41) is 0. The fraction of sp³-hybridized carbons (Fsp3) is 0.195. The number of nitrogens with zero attached hydrogens (tertiary/aromatic N) is 1. The Morgan fingerprint density at radius 3 is 1.55 bits per heavy atom. The lowest BCUT2D eigenvalue weighted by atomic mass is 10.2. The van der Waals surface area contributed by atoms with Gasteiger partial charge < -0.3 is 28.4 Å². The van der Waals surface area contributed by atoms with Crippen LogP contribution in [0, 0.1) is 0 Å². The molecule has 0 radical (unpaired) electrons. The largest absolute Gasteiger partial charge is 0.494 e. The zero-order valence-corrected chi connectivity index (χ0v) is 30.5. The van der Waals surface area contributed by atoms with E-state index in [4.69, 9.17) is 28.4 Å². The van der Waals surface area contributed by atoms with Gasteiger partial charge in [-0.05, 0) is 138 Å². The van der Waals surface area contributed by atoms with Crippen molar-refractivity contribution in [3.8, 4) is 23.0 Å². The molecule has 12 heteroatoms. The smallest absolute Gasteiger partial charge is 0.343 e. The minimum Gasteiger partial charge on any atom is -0.494 e. The van der Waals surface area contributed by atoms with Crippen LogP contribution < -0.4 is 18.9 Å². The summed E-state index contributed by atoms with van der Waals surface area (Å²) in [7, 11) is 0. The molecular weight excluding hydrogens is 746 g/mol. The molecule has 4 aromatic rings. The van der Waals surface area contributed by atoms with E-state index in [1.807, 2.05) is 0 Å². The summed E-state index contributed by atoms with van der Waals surface area (Å²) >= 11 is 3.45. The predicted octanol–water partition coefficient (Wildman–Crippen LogP) is 8.41. The molecule has 0 fully saturated rings. The van der Waals surface area contributed by atoms with Crippen molar-refractivity contribution in [2.24, 2.45) is 4.99 Å². The number of rotatable bonds is 20. The van der Waals surface area contributed by atoms with Crippen molar-refractivity contribution in [2.45, 2.75) is 25.7 Å². The summed E-state index contributed by atoms with van der Waals surface area (Å²) in [5.41, 5.74) is 2.12. The van der Waals surface area contributed by atoms with Gasteiger partial charge in [0, 0.05) is 18.4 Å². The molecule has 0 heterocycles. The van der Waals surface area contributed by atoms with E-state index in [2.05, 4.69) is 34.1 Å². The highest BCUT2D eigenvalue weighted by molar-refractivity contribution is 9.10. The van der Waals surface area contributed by atoms with E-state index in [1.54, 1.807) is 97.2 Å². The SMILES string of the molecule is C=CC(=O)OCCCCOc1ccc(C(=O)Oc2ccc(C=Nc3ccc(OC(=O)c4ccc(OCCCCOC(=O)C=C)cc4)c(Br)c3)cc2)cc1. The lowest BCUT2D eigenvalue weighted by Gasteiger charge is -2.09. The molecule has 0 aromatic heterocycles. The molecule has 53 heavy (non-hydrogen) atoms. The second-order valence-electron chi connectivity index (χ2n) is 11.1. The van der Waals surface area contributed by atoms with Crippen molar-refractivity contribution in [2.75, 3.05) is 26.4 Å². The summed E-state index contributed by atoms with van der Waals surface area (Å²) in [5.74, 6) is -0.00411. The number of aliphatic imine (C=N–C) groups is 1. The first kappa shape index (κ1) is 39.8. The van der Waals surface area contributed by atoms with Gasteiger partial charge >= 0.3 is 23.9 Å². The van der Waals surface area contributed by atoms with Crippen molar-refractivity contribution in [3.63, 3.8) is 0 Å². The fourth-order valence-corrected chi connectivity index (χ4v) is 4.82. The number of esters is 4. The minimum absolute atomic E-state index is 0.301. The van der Waals surface area contributed by atoms with Crippen LogP contribution in [0.5, 0.6) is 23.0 Å². The van der Waals surface area contributed by atoms with E-state index < -0.39 is 23.9 Å². The summed E-state index contributed by atoms with van der Waals surface area (Å²) < 4.78 is 32.8. The average Bonchev–Trinajstić information content (AvgIpc) is 3.18. The molecule has 0 saturated carbocycles. The van der Waals surface area contributed by atoms with E-state index in [9.17, 15) is 19.2 Å². The summed E-state index contributed by atoms with van der Waals surface area (Å²) in [6.45, 7) is 8.19. The van der Waals surface area contributed by atoms with Gasteiger partial charge in [-0.25, -0.2) is 19.2 Å². The number of hydrogen-bond acceptors (Lipinski definition) is 11. The highest BCUT2D eigenvalue weighted by Crippen LogP contribution is 2.30. The van der Waals surface area contributed by atoms with E-state index in [0.29, 0.717) is 96.4 Å². The number of hydrogen-bond donors (Lipinski definition) is 0. The van der Waals surface area contributed by atoms with Crippen LogP contribution in [0.4, 0.5) is 5.69 Å². The van der Waals surface area contributed by atoms with Crippen LogP contribution in [-0.2, 0) is 19.1 Å². The number of carbonyl (C=O) groups is 4. The van der Waals surface area contributed by atoms with E-state index in [-0.39, 0.29) is 0 Å². The van der Waals surface area contributed by atoms with Gasteiger partial charge in [0.2, 0.25) is 0 Å². The van der Waals surface area contributed by atoms with Gasteiger partial charge in [-0.2, -0.15) is 0 Å². The topological polar surface area (TPSA) is 136 Å². The standard InChI is InChI=1S/C41H38BrNO10/c1-3-38(44)50-25-7-5-23-48-33-18-11-30(12-19-33)40(46)52-35-16-9-29(10-17-35)28-43-32-15-22-37(36(42)27-32)53-41(47)31-13-20-34(21-14-31)49-24-6-8-26-51-39(45)4-2/h3-4,9-22,27-28H,1-2,5-8,23-26H2. The Balaban J connectivity index is 1.19. The lowest BCUT2D eigenvalue weighted by Crippen LogP contribution is -2.09. The Kier molecular flexibility index (Phi) is 16.0. The van der Waals surface area contributed by atoms with E-state index in [1.165, 1.54) is 0 Å². The number of unbranched alkanes of at least 4 members (excludes halogenated alkanes) is 2. The van der Waals surface area contributed by atoms with Crippen molar-refractivity contribution >= 4 is 51.7 Å². The van der Waals surface area contributed by atoms with Crippen molar-refractivity contribution < 1.29 is 47.6 Å². The molecule has 0 amide bonds. The third-order valence-corrected chi connectivity index (χ3v) is 7.81. The minimum atomic E-state index is -0.529. The molecular formula is C41H38BrNO10. The molecule has 4 aromatic carbocycles. The van der Waals surface area contributed by atoms with Gasteiger partial charge in [0.1, 0.15) is 23.0 Å². The second kappa shape index (κ2) is 21.4. The summed E-state index contributed by atoms with van der Waals surface area (Å²) in [6.07, 6.45) is 6.63. The number of benzene rings is 4. The molecule has 0 spiro atoms. The van der Waals surface area contributed by atoms with Gasteiger partial charge in [-0.15, -0.1) is 0 Å².